The molecular weight excluding hydrogens is 230 g/mol. The largest absolute Gasteiger partial charge is 0.380 e. The zero-order valence-electron chi connectivity index (χ0n) is 9.44. The Kier molecular flexibility index (Phi) is 4.23. The normalized spacial score (nSPS) is 10.6. The van der Waals surface area contributed by atoms with Gasteiger partial charge in [-0.25, -0.2) is 0 Å². The number of nitrogens with one attached hydrogen (secondary N) is 1. The summed E-state index contributed by atoms with van der Waals surface area (Å²) in [5, 5.41) is 4.01. The highest BCUT2D eigenvalue weighted by Crippen LogP contribution is 2.19. The van der Waals surface area contributed by atoms with Crippen LogP contribution in [-0.2, 0) is 0 Å². The molecule has 0 radical (unpaired) electrons. The maximum Gasteiger partial charge on any atom is 0.0637 e. The molecule has 2 heteroatoms. The van der Waals surface area contributed by atoms with Crippen LogP contribution in [0.4, 0.5) is 5.69 Å². The smallest absolute Gasteiger partial charge is 0.0637 e. The van der Waals surface area contributed by atoms with E-state index in [9.17, 15) is 0 Å². The van der Waals surface area contributed by atoms with Crippen LogP contribution in [0.5, 0.6) is 0 Å². The van der Waals surface area contributed by atoms with E-state index >= 15 is 0 Å². The van der Waals surface area contributed by atoms with Crippen LogP contribution in [0.2, 0.25) is 5.02 Å². The molecule has 2 aromatic carbocycles. The molecule has 0 aliphatic rings. The second-order valence-corrected chi connectivity index (χ2v) is 4.08. The van der Waals surface area contributed by atoms with Crippen molar-refractivity contribution >= 4 is 23.4 Å². The van der Waals surface area contributed by atoms with Crippen molar-refractivity contribution in [1.29, 1.82) is 0 Å². The van der Waals surface area contributed by atoms with E-state index in [2.05, 4.69) is 29.6 Å². The second kappa shape index (κ2) is 6.12. The third-order valence-corrected chi connectivity index (χ3v) is 2.72. The van der Waals surface area contributed by atoms with Gasteiger partial charge in [0.25, 0.3) is 0 Å². The molecule has 0 saturated heterocycles. The Morgan fingerprint density at radius 3 is 2.41 bits per heavy atom. The molecule has 2 aromatic rings. The van der Waals surface area contributed by atoms with Crippen LogP contribution in [0.1, 0.15) is 5.56 Å². The lowest BCUT2D eigenvalue weighted by Crippen LogP contribution is -1.98. The molecule has 0 aliphatic heterocycles. The van der Waals surface area contributed by atoms with Crippen molar-refractivity contribution < 1.29 is 0 Å². The van der Waals surface area contributed by atoms with E-state index in [1.165, 1.54) is 5.56 Å². The van der Waals surface area contributed by atoms with Crippen LogP contribution < -0.4 is 5.32 Å². The molecule has 0 spiro atoms. The van der Waals surface area contributed by atoms with Crippen molar-refractivity contribution in [3.8, 4) is 0 Å². The molecule has 0 amide bonds. The van der Waals surface area contributed by atoms with E-state index in [0.717, 1.165) is 17.3 Å². The second-order valence-electron chi connectivity index (χ2n) is 3.67. The van der Waals surface area contributed by atoms with Crippen molar-refractivity contribution in [2.75, 3.05) is 11.9 Å². The number of benzene rings is 2. The maximum atomic E-state index is 6.03. The van der Waals surface area contributed by atoms with Crippen LogP contribution >= 0.6 is 11.6 Å². The Balaban J connectivity index is 1.88. The van der Waals surface area contributed by atoms with Gasteiger partial charge in [0.05, 0.1) is 10.7 Å². The van der Waals surface area contributed by atoms with Gasteiger partial charge in [0, 0.05) is 6.54 Å². The highest BCUT2D eigenvalue weighted by Gasteiger charge is 1.94. The van der Waals surface area contributed by atoms with Gasteiger partial charge in [-0.2, -0.15) is 0 Å². The lowest BCUT2D eigenvalue weighted by Gasteiger charge is -2.04. The number of anilines is 1. The summed E-state index contributed by atoms with van der Waals surface area (Å²) in [5.74, 6) is 0. The van der Waals surface area contributed by atoms with E-state index in [0.29, 0.717) is 0 Å². The summed E-state index contributed by atoms with van der Waals surface area (Å²) < 4.78 is 0. The maximum absolute atomic E-state index is 6.03. The van der Waals surface area contributed by atoms with Crippen LogP contribution in [0, 0.1) is 0 Å². The molecular formula is C15H14ClN. The van der Waals surface area contributed by atoms with Gasteiger partial charge in [0.15, 0.2) is 0 Å². The minimum Gasteiger partial charge on any atom is -0.380 e. The number of hydrogen-bond donors (Lipinski definition) is 1. The molecule has 1 N–H and O–H groups in total. The predicted molar refractivity (Wildman–Crippen MR) is 75.4 cm³/mol. The van der Waals surface area contributed by atoms with Gasteiger partial charge in [-0.05, 0) is 17.7 Å². The van der Waals surface area contributed by atoms with Gasteiger partial charge in [-0.3, -0.25) is 0 Å². The molecule has 86 valence electrons. The van der Waals surface area contributed by atoms with Crippen LogP contribution in [0.25, 0.3) is 6.08 Å². The fourth-order valence-electron chi connectivity index (χ4n) is 1.53. The van der Waals surface area contributed by atoms with E-state index in [1.807, 2.05) is 42.5 Å². The molecule has 0 heterocycles. The van der Waals surface area contributed by atoms with E-state index in [4.69, 9.17) is 11.6 Å². The van der Waals surface area contributed by atoms with Crippen molar-refractivity contribution in [3.05, 3.63) is 71.3 Å². The number of halogens is 1. The number of para-hydroxylation sites is 1. The average Bonchev–Trinajstić information content (AvgIpc) is 2.38. The van der Waals surface area contributed by atoms with Crippen molar-refractivity contribution in [2.24, 2.45) is 0 Å². The highest BCUT2D eigenvalue weighted by atomic mass is 35.5. The number of rotatable bonds is 4. The lowest BCUT2D eigenvalue weighted by molar-refractivity contribution is 1.34. The molecule has 0 atom stereocenters. The quantitative estimate of drug-likeness (QED) is 0.836. The van der Waals surface area contributed by atoms with Crippen molar-refractivity contribution in [3.63, 3.8) is 0 Å². The molecule has 0 aromatic heterocycles. The molecule has 0 fully saturated rings. The van der Waals surface area contributed by atoms with Gasteiger partial charge >= 0.3 is 0 Å². The first kappa shape index (κ1) is 11.7. The fourth-order valence-corrected chi connectivity index (χ4v) is 1.74. The summed E-state index contributed by atoms with van der Waals surface area (Å²) in [4.78, 5) is 0. The zero-order chi connectivity index (χ0) is 11.9. The summed E-state index contributed by atoms with van der Waals surface area (Å²) in [6.45, 7) is 0.763. The average molecular weight is 244 g/mol. The molecule has 0 unspecified atom stereocenters. The Morgan fingerprint density at radius 1 is 0.941 bits per heavy atom. The topological polar surface area (TPSA) is 12.0 Å². The van der Waals surface area contributed by atoms with Gasteiger partial charge in [0.1, 0.15) is 0 Å². The Morgan fingerprint density at radius 2 is 1.65 bits per heavy atom. The van der Waals surface area contributed by atoms with E-state index in [-0.39, 0.29) is 0 Å². The summed E-state index contributed by atoms with van der Waals surface area (Å²) in [5.41, 5.74) is 2.17. The summed E-state index contributed by atoms with van der Waals surface area (Å²) in [6.07, 6.45) is 4.17. The molecule has 17 heavy (non-hydrogen) atoms. The van der Waals surface area contributed by atoms with Crippen molar-refractivity contribution in [1.82, 2.24) is 0 Å². The summed E-state index contributed by atoms with van der Waals surface area (Å²) in [6, 6.07) is 18.0. The van der Waals surface area contributed by atoms with E-state index in [1.54, 1.807) is 0 Å². The highest BCUT2D eigenvalue weighted by molar-refractivity contribution is 6.33. The standard InChI is InChI=1S/C15H14ClN/c16-14-10-4-5-11-15(14)17-12-6-9-13-7-2-1-3-8-13/h1-11,17H,12H2. The fraction of sp³-hybridized carbons (Fsp3) is 0.0667. The van der Waals surface area contributed by atoms with Crippen LogP contribution in [0.15, 0.2) is 60.7 Å². The zero-order valence-corrected chi connectivity index (χ0v) is 10.2. The predicted octanol–water partition coefficient (Wildman–Crippen LogP) is 4.47. The van der Waals surface area contributed by atoms with Gasteiger partial charge in [0.2, 0.25) is 0 Å². The Labute approximate surface area is 107 Å². The first-order valence-corrected chi connectivity index (χ1v) is 5.94. The van der Waals surface area contributed by atoms with Gasteiger partial charge in [-0.1, -0.05) is 66.2 Å². The Bertz CT molecular complexity index is 491. The van der Waals surface area contributed by atoms with Crippen LogP contribution in [-0.4, -0.2) is 6.54 Å². The monoisotopic (exact) mass is 243 g/mol. The van der Waals surface area contributed by atoms with Crippen LogP contribution in [0.3, 0.4) is 0 Å². The minimum atomic E-state index is 0.751. The first-order chi connectivity index (χ1) is 8.36. The minimum absolute atomic E-state index is 0.751. The summed E-state index contributed by atoms with van der Waals surface area (Å²) >= 11 is 6.03. The van der Waals surface area contributed by atoms with E-state index < -0.39 is 0 Å². The molecule has 0 aliphatic carbocycles. The lowest BCUT2D eigenvalue weighted by atomic mass is 10.2. The first-order valence-electron chi connectivity index (χ1n) is 5.56. The third kappa shape index (κ3) is 3.65. The summed E-state index contributed by atoms with van der Waals surface area (Å²) in [7, 11) is 0. The molecule has 2 rings (SSSR count). The SMILES string of the molecule is Clc1ccccc1NCC=Cc1ccccc1. The molecule has 1 nitrogen and oxygen atoms in total. The molecule has 0 bridgehead atoms. The van der Waals surface area contributed by atoms with Gasteiger partial charge < -0.3 is 5.32 Å². The molecule has 0 saturated carbocycles. The van der Waals surface area contributed by atoms with Gasteiger partial charge in [-0.15, -0.1) is 0 Å². The number of hydrogen-bond acceptors (Lipinski definition) is 1. The third-order valence-electron chi connectivity index (χ3n) is 2.39. The van der Waals surface area contributed by atoms with Crippen molar-refractivity contribution in [2.45, 2.75) is 0 Å². The Hall–Kier alpha value is -1.73.